The van der Waals surface area contributed by atoms with Gasteiger partial charge in [-0.15, -0.1) is 0 Å². The number of nitrogens with two attached hydrogens (primary N) is 1. The van der Waals surface area contributed by atoms with Gasteiger partial charge in [-0.2, -0.15) is 0 Å². The minimum atomic E-state index is -0.711. The van der Waals surface area contributed by atoms with Crippen molar-refractivity contribution in [2.24, 2.45) is 17.6 Å². The lowest BCUT2D eigenvalue weighted by Gasteiger charge is -2.19. The van der Waals surface area contributed by atoms with Crippen LogP contribution in [0.1, 0.15) is 30.9 Å². The molecule has 2 rings (SSSR count). The quantitative estimate of drug-likeness (QED) is 0.736. The second-order valence-corrected chi connectivity index (χ2v) is 5.57. The number of carbonyl (C=O) groups excluding carboxylic acids is 1. The first-order chi connectivity index (χ1) is 10.2. The van der Waals surface area contributed by atoms with Crippen LogP contribution in [0.15, 0.2) is 24.3 Å². The number of carbonyl (C=O) groups is 1. The number of rotatable bonds is 6. The fraction of sp³-hybridized carbons (Fsp3) is 0.562. The van der Waals surface area contributed by atoms with E-state index < -0.39 is 6.10 Å². The number of methoxy groups -OCH3 is 1. The molecular weight excluding hydrogens is 268 g/mol. The lowest BCUT2D eigenvalue weighted by atomic mass is 9.95. The van der Waals surface area contributed by atoms with Crippen molar-refractivity contribution in [1.29, 1.82) is 0 Å². The molecule has 0 saturated heterocycles. The molecule has 1 aromatic carbocycles. The van der Waals surface area contributed by atoms with Crippen LogP contribution in [-0.2, 0) is 4.79 Å². The largest absolute Gasteiger partial charge is 0.497 e. The van der Waals surface area contributed by atoms with Crippen LogP contribution in [0, 0.1) is 11.8 Å². The third kappa shape index (κ3) is 3.95. The Balaban J connectivity index is 1.85. The molecule has 5 nitrogen and oxygen atoms in total. The molecular formula is C16H24N2O3. The van der Waals surface area contributed by atoms with Crippen LogP contribution in [0.25, 0.3) is 0 Å². The summed E-state index contributed by atoms with van der Waals surface area (Å²) in [5, 5.41) is 13.0. The summed E-state index contributed by atoms with van der Waals surface area (Å²) in [4.78, 5) is 12.2. The second kappa shape index (κ2) is 7.43. The normalized spacial score (nSPS) is 22.8. The van der Waals surface area contributed by atoms with Gasteiger partial charge in [0.1, 0.15) is 5.75 Å². The van der Waals surface area contributed by atoms with Crippen molar-refractivity contribution in [3.8, 4) is 5.75 Å². The minimum absolute atomic E-state index is 0.00179. The molecule has 0 radical (unpaired) electrons. The van der Waals surface area contributed by atoms with Gasteiger partial charge >= 0.3 is 0 Å². The standard InChI is InChI=1S/C16H24N2O3/c1-21-13-7-5-11(6-8-13)15(19)10-18-16(20)14-4-2-3-12(14)9-17/h5-8,12,14-15,19H,2-4,9-10,17H2,1H3,(H,18,20)/t12-,14-,15?/m1/s1. The summed E-state index contributed by atoms with van der Waals surface area (Å²) in [6.07, 6.45) is 2.26. The van der Waals surface area contributed by atoms with Gasteiger partial charge in [-0.1, -0.05) is 18.6 Å². The monoisotopic (exact) mass is 292 g/mol. The van der Waals surface area contributed by atoms with Crippen LogP contribution >= 0.6 is 0 Å². The van der Waals surface area contributed by atoms with Crippen LogP contribution in [0.4, 0.5) is 0 Å². The Hall–Kier alpha value is -1.59. The first kappa shape index (κ1) is 15.8. The molecule has 0 aliphatic heterocycles. The Bertz CT molecular complexity index is 461. The molecule has 0 spiro atoms. The van der Waals surface area contributed by atoms with E-state index in [1.54, 1.807) is 31.4 Å². The zero-order valence-corrected chi connectivity index (χ0v) is 12.4. The highest BCUT2D eigenvalue weighted by Crippen LogP contribution is 2.31. The highest BCUT2D eigenvalue weighted by Gasteiger charge is 2.31. The molecule has 1 aromatic rings. The Morgan fingerprint density at radius 2 is 2.14 bits per heavy atom. The van der Waals surface area contributed by atoms with E-state index in [9.17, 15) is 9.90 Å². The van der Waals surface area contributed by atoms with E-state index in [2.05, 4.69) is 5.32 Å². The average Bonchev–Trinajstić information content (AvgIpc) is 3.01. The summed E-state index contributed by atoms with van der Waals surface area (Å²) in [5.41, 5.74) is 6.46. The van der Waals surface area contributed by atoms with Gasteiger partial charge in [0.15, 0.2) is 0 Å². The fourth-order valence-electron chi connectivity index (χ4n) is 2.94. The smallest absolute Gasteiger partial charge is 0.223 e. The molecule has 0 heterocycles. The van der Waals surface area contributed by atoms with Crippen LogP contribution in [-0.4, -0.2) is 31.2 Å². The zero-order chi connectivity index (χ0) is 15.2. The summed E-state index contributed by atoms with van der Waals surface area (Å²) >= 11 is 0. The van der Waals surface area contributed by atoms with Crippen molar-refractivity contribution < 1.29 is 14.6 Å². The van der Waals surface area contributed by atoms with Crippen molar-refractivity contribution in [1.82, 2.24) is 5.32 Å². The van der Waals surface area contributed by atoms with E-state index in [0.717, 1.165) is 30.6 Å². The van der Waals surface area contributed by atoms with Gasteiger partial charge in [0.2, 0.25) is 5.91 Å². The molecule has 3 atom stereocenters. The minimum Gasteiger partial charge on any atom is -0.497 e. The summed E-state index contributed by atoms with van der Waals surface area (Å²) in [6, 6.07) is 7.19. The van der Waals surface area contributed by atoms with Gasteiger partial charge in [-0.3, -0.25) is 4.79 Å². The molecule has 1 amide bonds. The van der Waals surface area contributed by atoms with Crippen molar-refractivity contribution in [3.63, 3.8) is 0 Å². The number of hydrogen-bond donors (Lipinski definition) is 3. The maximum Gasteiger partial charge on any atom is 0.223 e. The molecule has 1 unspecified atom stereocenters. The summed E-state index contributed by atoms with van der Waals surface area (Å²) in [5.74, 6) is 1.03. The predicted octanol–water partition coefficient (Wildman–Crippen LogP) is 1.22. The Morgan fingerprint density at radius 3 is 2.76 bits per heavy atom. The first-order valence-electron chi connectivity index (χ1n) is 7.45. The molecule has 0 aromatic heterocycles. The van der Waals surface area contributed by atoms with Crippen molar-refractivity contribution in [2.75, 3.05) is 20.2 Å². The van der Waals surface area contributed by atoms with E-state index >= 15 is 0 Å². The molecule has 1 fully saturated rings. The topological polar surface area (TPSA) is 84.6 Å². The van der Waals surface area contributed by atoms with Gasteiger partial charge in [0.25, 0.3) is 0 Å². The van der Waals surface area contributed by atoms with Crippen molar-refractivity contribution >= 4 is 5.91 Å². The molecule has 5 heteroatoms. The van der Waals surface area contributed by atoms with Gasteiger partial charge in [-0.25, -0.2) is 0 Å². The van der Waals surface area contributed by atoms with E-state index in [1.807, 2.05) is 0 Å². The predicted molar refractivity (Wildman–Crippen MR) is 80.8 cm³/mol. The molecule has 1 saturated carbocycles. The number of aliphatic hydroxyl groups is 1. The summed E-state index contributed by atoms with van der Waals surface area (Å²) in [7, 11) is 1.60. The van der Waals surface area contributed by atoms with Crippen LogP contribution in [0.2, 0.25) is 0 Å². The number of benzene rings is 1. The van der Waals surface area contributed by atoms with E-state index in [4.69, 9.17) is 10.5 Å². The number of hydrogen-bond acceptors (Lipinski definition) is 4. The van der Waals surface area contributed by atoms with E-state index in [1.165, 1.54) is 0 Å². The van der Waals surface area contributed by atoms with Gasteiger partial charge in [-0.05, 0) is 43.0 Å². The van der Waals surface area contributed by atoms with Crippen LogP contribution in [0.5, 0.6) is 5.75 Å². The Labute approximate surface area is 125 Å². The maximum atomic E-state index is 12.2. The summed E-state index contributed by atoms with van der Waals surface area (Å²) in [6.45, 7) is 0.776. The fourth-order valence-corrected chi connectivity index (χ4v) is 2.94. The van der Waals surface area contributed by atoms with Crippen LogP contribution < -0.4 is 15.8 Å². The van der Waals surface area contributed by atoms with E-state index in [-0.39, 0.29) is 24.3 Å². The third-order valence-corrected chi connectivity index (χ3v) is 4.27. The zero-order valence-electron chi connectivity index (χ0n) is 12.4. The Kier molecular flexibility index (Phi) is 5.59. The number of ether oxygens (including phenoxy) is 1. The average molecular weight is 292 g/mol. The first-order valence-corrected chi connectivity index (χ1v) is 7.45. The molecule has 1 aliphatic carbocycles. The Morgan fingerprint density at radius 1 is 1.43 bits per heavy atom. The number of amides is 1. The van der Waals surface area contributed by atoms with E-state index in [0.29, 0.717) is 6.54 Å². The van der Waals surface area contributed by atoms with Gasteiger partial charge in [0.05, 0.1) is 13.2 Å². The number of aliphatic hydroxyl groups excluding tert-OH is 1. The molecule has 1 aliphatic rings. The lowest BCUT2D eigenvalue weighted by Crippen LogP contribution is -2.37. The third-order valence-electron chi connectivity index (χ3n) is 4.27. The second-order valence-electron chi connectivity index (χ2n) is 5.57. The van der Waals surface area contributed by atoms with Gasteiger partial charge in [0, 0.05) is 12.5 Å². The lowest BCUT2D eigenvalue weighted by molar-refractivity contribution is -0.126. The molecule has 4 N–H and O–H groups in total. The maximum absolute atomic E-state index is 12.2. The molecule has 0 bridgehead atoms. The molecule has 21 heavy (non-hydrogen) atoms. The summed E-state index contributed by atoms with van der Waals surface area (Å²) < 4.78 is 5.08. The van der Waals surface area contributed by atoms with Crippen LogP contribution in [0.3, 0.4) is 0 Å². The molecule has 116 valence electrons. The number of nitrogens with one attached hydrogen (secondary N) is 1. The van der Waals surface area contributed by atoms with Crippen molar-refractivity contribution in [3.05, 3.63) is 29.8 Å². The SMILES string of the molecule is COc1ccc(C(O)CNC(=O)[C@@H]2CCC[C@@H]2CN)cc1. The highest BCUT2D eigenvalue weighted by atomic mass is 16.5. The highest BCUT2D eigenvalue weighted by molar-refractivity contribution is 5.79. The van der Waals surface area contributed by atoms with Crippen molar-refractivity contribution in [2.45, 2.75) is 25.4 Å². The van der Waals surface area contributed by atoms with Gasteiger partial charge < -0.3 is 20.9 Å².